The molecule has 1 saturated heterocycles. The zero-order valence-electron chi connectivity index (χ0n) is 13.8. The Bertz CT molecular complexity index is 614. The van der Waals surface area contributed by atoms with Crippen molar-refractivity contribution < 1.29 is 4.39 Å². The molecule has 1 fully saturated rings. The molecule has 0 amide bonds. The Hall–Kier alpha value is -1.72. The lowest BCUT2D eigenvalue weighted by atomic mass is 9.90. The zero-order valence-corrected chi connectivity index (χ0v) is 13.8. The number of likely N-dealkylation sites (tertiary alicyclic amines) is 1. The molecule has 5 heteroatoms. The van der Waals surface area contributed by atoms with Gasteiger partial charge in [0, 0.05) is 23.7 Å². The zero-order chi connectivity index (χ0) is 16.2. The maximum absolute atomic E-state index is 13.1. The van der Waals surface area contributed by atoms with Crippen LogP contribution < -0.4 is 5.32 Å². The third-order valence-corrected chi connectivity index (χ3v) is 4.94. The molecule has 0 unspecified atom stereocenters. The molecule has 0 spiro atoms. The Kier molecular flexibility index (Phi) is 5.08. The van der Waals surface area contributed by atoms with Gasteiger partial charge in [-0.05, 0) is 70.1 Å². The molecule has 0 bridgehead atoms. The van der Waals surface area contributed by atoms with E-state index in [1.807, 2.05) is 6.20 Å². The minimum atomic E-state index is -0.219. The third kappa shape index (κ3) is 3.98. The van der Waals surface area contributed by atoms with Crippen LogP contribution in [-0.4, -0.2) is 41.3 Å². The van der Waals surface area contributed by atoms with E-state index in [0.717, 1.165) is 29.3 Å². The van der Waals surface area contributed by atoms with E-state index >= 15 is 0 Å². The average Bonchev–Trinajstić information content (AvgIpc) is 3.02. The predicted octanol–water partition coefficient (Wildman–Crippen LogP) is 3.04. The molecule has 2 heterocycles. The van der Waals surface area contributed by atoms with Crippen LogP contribution in [0.15, 0.2) is 30.5 Å². The van der Waals surface area contributed by atoms with Crippen LogP contribution in [0.3, 0.4) is 0 Å². The summed E-state index contributed by atoms with van der Waals surface area (Å²) in [6.07, 6.45) is 4.36. The topological polar surface area (TPSA) is 44.0 Å². The van der Waals surface area contributed by atoms with Crippen molar-refractivity contribution >= 4 is 0 Å². The maximum Gasteiger partial charge on any atom is 0.123 e. The average molecular weight is 316 g/mol. The number of hydrogen-bond acceptors (Lipinski definition) is 3. The van der Waals surface area contributed by atoms with Crippen molar-refractivity contribution in [3.05, 3.63) is 41.8 Å². The van der Waals surface area contributed by atoms with E-state index in [1.54, 1.807) is 12.1 Å². The minimum absolute atomic E-state index is 0.219. The SMILES string of the molecule is C[C@@H](NCc1cn[nH]c1-c1ccc(F)cc1)C1CCN(C)CC1. The van der Waals surface area contributed by atoms with Gasteiger partial charge in [-0.2, -0.15) is 5.10 Å². The fourth-order valence-corrected chi connectivity index (χ4v) is 3.28. The maximum atomic E-state index is 13.1. The molecule has 1 aromatic carbocycles. The van der Waals surface area contributed by atoms with Gasteiger partial charge in [-0.3, -0.25) is 5.10 Å². The van der Waals surface area contributed by atoms with Crippen molar-refractivity contribution in [3.63, 3.8) is 0 Å². The van der Waals surface area contributed by atoms with Crippen LogP contribution in [0, 0.1) is 11.7 Å². The van der Waals surface area contributed by atoms with E-state index in [-0.39, 0.29) is 5.82 Å². The molecule has 124 valence electrons. The van der Waals surface area contributed by atoms with E-state index in [9.17, 15) is 4.39 Å². The lowest BCUT2D eigenvalue weighted by Crippen LogP contribution is -2.40. The molecular weight excluding hydrogens is 291 g/mol. The van der Waals surface area contributed by atoms with Crippen LogP contribution in [0.4, 0.5) is 4.39 Å². The van der Waals surface area contributed by atoms with Gasteiger partial charge < -0.3 is 10.2 Å². The Morgan fingerprint density at radius 1 is 1.30 bits per heavy atom. The largest absolute Gasteiger partial charge is 0.310 e. The van der Waals surface area contributed by atoms with Crippen LogP contribution in [0.25, 0.3) is 11.3 Å². The summed E-state index contributed by atoms with van der Waals surface area (Å²) in [6.45, 7) is 5.41. The molecule has 23 heavy (non-hydrogen) atoms. The highest BCUT2D eigenvalue weighted by Crippen LogP contribution is 2.23. The minimum Gasteiger partial charge on any atom is -0.310 e. The summed E-state index contributed by atoms with van der Waals surface area (Å²) >= 11 is 0. The van der Waals surface area contributed by atoms with Gasteiger partial charge in [0.1, 0.15) is 5.82 Å². The van der Waals surface area contributed by atoms with Gasteiger partial charge in [-0.25, -0.2) is 4.39 Å². The van der Waals surface area contributed by atoms with Crippen LogP contribution in [0.5, 0.6) is 0 Å². The summed E-state index contributed by atoms with van der Waals surface area (Å²) in [7, 11) is 2.19. The Morgan fingerprint density at radius 2 is 2.00 bits per heavy atom. The number of halogens is 1. The Labute approximate surface area is 137 Å². The molecule has 0 saturated carbocycles. The number of rotatable bonds is 5. The molecule has 0 aliphatic carbocycles. The van der Waals surface area contributed by atoms with Gasteiger partial charge in [0.15, 0.2) is 0 Å². The van der Waals surface area contributed by atoms with Gasteiger partial charge >= 0.3 is 0 Å². The summed E-state index contributed by atoms with van der Waals surface area (Å²) < 4.78 is 13.1. The normalized spacial score (nSPS) is 18.2. The Morgan fingerprint density at radius 3 is 2.70 bits per heavy atom. The molecule has 1 aliphatic heterocycles. The molecule has 1 aliphatic rings. The second kappa shape index (κ2) is 7.23. The third-order valence-electron chi connectivity index (χ3n) is 4.94. The fourth-order valence-electron chi connectivity index (χ4n) is 3.28. The van der Waals surface area contributed by atoms with Crippen molar-refractivity contribution in [1.29, 1.82) is 0 Å². The van der Waals surface area contributed by atoms with E-state index in [1.165, 1.54) is 38.1 Å². The quantitative estimate of drug-likeness (QED) is 0.891. The number of nitrogens with zero attached hydrogens (tertiary/aromatic N) is 2. The summed E-state index contributed by atoms with van der Waals surface area (Å²) in [6, 6.07) is 7.02. The van der Waals surface area contributed by atoms with Crippen LogP contribution in [0.2, 0.25) is 0 Å². The summed E-state index contributed by atoms with van der Waals surface area (Å²) in [5, 5.41) is 10.8. The monoisotopic (exact) mass is 316 g/mol. The first kappa shape index (κ1) is 16.1. The van der Waals surface area contributed by atoms with Gasteiger partial charge in [0.2, 0.25) is 0 Å². The van der Waals surface area contributed by atoms with E-state index in [4.69, 9.17) is 0 Å². The first-order valence-electron chi connectivity index (χ1n) is 8.33. The molecule has 1 aromatic heterocycles. The lowest BCUT2D eigenvalue weighted by molar-refractivity contribution is 0.189. The van der Waals surface area contributed by atoms with Crippen molar-refractivity contribution in [2.24, 2.45) is 5.92 Å². The number of aromatic amines is 1. The van der Waals surface area contributed by atoms with Crippen LogP contribution >= 0.6 is 0 Å². The summed E-state index contributed by atoms with van der Waals surface area (Å²) in [4.78, 5) is 2.39. The number of hydrogen-bond donors (Lipinski definition) is 2. The van der Waals surface area contributed by atoms with Gasteiger partial charge in [0.05, 0.1) is 11.9 Å². The summed E-state index contributed by atoms with van der Waals surface area (Å²) in [5.41, 5.74) is 3.05. The highest BCUT2D eigenvalue weighted by atomic mass is 19.1. The number of piperidine rings is 1. The lowest BCUT2D eigenvalue weighted by Gasteiger charge is -2.33. The van der Waals surface area contributed by atoms with Crippen LogP contribution in [0.1, 0.15) is 25.3 Å². The van der Waals surface area contributed by atoms with Crippen molar-refractivity contribution in [3.8, 4) is 11.3 Å². The predicted molar refractivity (Wildman–Crippen MR) is 90.5 cm³/mol. The number of benzene rings is 1. The first-order valence-corrected chi connectivity index (χ1v) is 8.33. The molecular formula is C18H25FN4. The molecule has 2 aromatic rings. The van der Waals surface area contributed by atoms with Crippen molar-refractivity contribution in [1.82, 2.24) is 20.4 Å². The van der Waals surface area contributed by atoms with Crippen molar-refractivity contribution in [2.75, 3.05) is 20.1 Å². The number of H-pyrrole nitrogens is 1. The standard InChI is InChI=1S/C18H25FN4/c1-13(14-7-9-23(2)10-8-14)20-11-16-12-21-22-18(16)15-3-5-17(19)6-4-15/h3-6,12-14,20H,7-11H2,1-2H3,(H,21,22)/t13-/m1/s1. The van der Waals surface area contributed by atoms with Gasteiger partial charge in [0.25, 0.3) is 0 Å². The second-order valence-corrected chi connectivity index (χ2v) is 6.59. The van der Waals surface area contributed by atoms with E-state index in [2.05, 4.69) is 34.4 Å². The fraction of sp³-hybridized carbons (Fsp3) is 0.500. The second-order valence-electron chi connectivity index (χ2n) is 6.59. The van der Waals surface area contributed by atoms with Gasteiger partial charge in [-0.1, -0.05) is 0 Å². The molecule has 1 atom stereocenters. The Balaban J connectivity index is 1.61. The number of aromatic nitrogens is 2. The number of nitrogens with one attached hydrogen (secondary N) is 2. The van der Waals surface area contributed by atoms with Crippen molar-refractivity contribution in [2.45, 2.75) is 32.4 Å². The van der Waals surface area contributed by atoms with E-state index < -0.39 is 0 Å². The van der Waals surface area contributed by atoms with Gasteiger partial charge in [-0.15, -0.1) is 0 Å². The summed E-state index contributed by atoms with van der Waals surface area (Å²) in [5.74, 6) is 0.510. The van der Waals surface area contributed by atoms with E-state index in [0.29, 0.717) is 6.04 Å². The molecule has 3 rings (SSSR count). The first-order chi connectivity index (χ1) is 11.1. The highest BCUT2D eigenvalue weighted by Gasteiger charge is 2.22. The van der Waals surface area contributed by atoms with Crippen LogP contribution in [-0.2, 0) is 6.54 Å². The smallest absolute Gasteiger partial charge is 0.123 e. The highest BCUT2D eigenvalue weighted by molar-refractivity contribution is 5.62. The molecule has 4 nitrogen and oxygen atoms in total. The molecule has 2 N–H and O–H groups in total. The molecule has 0 radical (unpaired) electrons.